The summed E-state index contributed by atoms with van der Waals surface area (Å²) in [5.41, 5.74) is -0.196. The SMILES string of the molecule is Cc1ncc(S(C)(=O)=O)c(N2CCOC3(CCN(C)CC3)C2)n1. The molecule has 3 heterocycles. The van der Waals surface area contributed by atoms with Crippen LogP contribution in [0.25, 0.3) is 0 Å². The molecule has 0 radical (unpaired) electrons. The third-order valence-electron chi connectivity index (χ3n) is 4.70. The molecule has 0 bridgehead atoms. The Morgan fingerprint density at radius 3 is 2.61 bits per heavy atom. The van der Waals surface area contributed by atoms with Gasteiger partial charge in [0.15, 0.2) is 15.7 Å². The highest BCUT2D eigenvalue weighted by Crippen LogP contribution is 2.33. The molecule has 1 spiro atoms. The van der Waals surface area contributed by atoms with Gasteiger partial charge in [0, 0.05) is 32.4 Å². The summed E-state index contributed by atoms with van der Waals surface area (Å²) >= 11 is 0. The average molecular weight is 340 g/mol. The van der Waals surface area contributed by atoms with E-state index in [-0.39, 0.29) is 10.5 Å². The van der Waals surface area contributed by atoms with Crippen molar-refractivity contribution in [2.24, 2.45) is 0 Å². The van der Waals surface area contributed by atoms with Crippen molar-refractivity contribution in [3.63, 3.8) is 0 Å². The molecule has 1 aromatic rings. The van der Waals surface area contributed by atoms with Gasteiger partial charge >= 0.3 is 0 Å². The Morgan fingerprint density at radius 2 is 1.96 bits per heavy atom. The van der Waals surface area contributed by atoms with E-state index in [9.17, 15) is 8.42 Å². The number of rotatable bonds is 2. The molecule has 0 N–H and O–H groups in total. The minimum atomic E-state index is -3.37. The second-order valence-electron chi connectivity index (χ2n) is 6.63. The van der Waals surface area contributed by atoms with Crippen molar-refractivity contribution < 1.29 is 13.2 Å². The van der Waals surface area contributed by atoms with Gasteiger partial charge in [0.1, 0.15) is 10.7 Å². The van der Waals surface area contributed by atoms with E-state index in [0.717, 1.165) is 25.9 Å². The third-order valence-corrected chi connectivity index (χ3v) is 5.79. The van der Waals surface area contributed by atoms with Crippen LogP contribution in [0.5, 0.6) is 0 Å². The molecule has 128 valence electrons. The van der Waals surface area contributed by atoms with Gasteiger partial charge in [0.05, 0.1) is 18.4 Å². The van der Waals surface area contributed by atoms with Crippen molar-refractivity contribution in [1.29, 1.82) is 0 Å². The molecular formula is C15H24N4O3S. The lowest BCUT2D eigenvalue weighted by Gasteiger charge is -2.47. The van der Waals surface area contributed by atoms with Gasteiger partial charge in [-0.25, -0.2) is 18.4 Å². The molecule has 2 aliphatic rings. The summed E-state index contributed by atoms with van der Waals surface area (Å²) in [5.74, 6) is 1.10. The first-order valence-electron chi connectivity index (χ1n) is 7.90. The number of anilines is 1. The minimum absolute atomic E-state index is 0.196. The Labute approximate surface area is 137 Å². The second-order valence-corrected chi connectivity index (χ2v) is 8.62. The van der Waals surface area contributed by atoms with Gasteiger partial charge in [-0.1, -0.05) is 0 Å². The molecule has 2 aliphatic heterocycles. The molecule has 3 rings (SSSR count). The van der Waals surface area contributed by atoms with Crippen LogP contribution in [-0.2, 0) is 14.6 Å². The largest absolute Gasteiger partial charge is 0.371 e. The fourth-order valence-corrected chi connectivity index (χ4v) is 4.04. The lowest BCUT2D eigenvalue weighted by Crippen LogP contribution is -2.56. The van der Waals surface area contributed by atoms with Crippen LogP contribution in [0, 0.1) is 6.92 Å². The number of hydrogen-bond acceptors (Lipinski definition) is 7. The number of piperidine rings is 1. The van der Waals surface area contributed by atoms with Crippen LogP contribution in [0.1, 0.15) is 18.7 Å². The van der Waals surface area contributed by atoms with Crippen LogP contribution in [0.15, 0.2) is 11.1 Å². The van der Waals surface area contributed by atoms with E-state index >= 15 is 0 Å². The van der Waals surface area contributed by atoms with Crippen molar-refractivity contribution in [2.75, 3.05) is 51.0 Å². The maximum atomic E-state index is 12.1. The fraction of sp³-hybridized carbons (Fsp3) is 0.733. The van der Waals surface area contributed by atoms with Crippen LogP contribution < -0.4 is 4.90 Å². The molecule has 0 aliphatic carbocycles. The number of morpholine rings is 1. The van der Waals surface area contributed by atoms with Crippen LogP contribution in [-0.4, -0.2) is 75.0 Å². The predicted octanol–water partition coefficient (Wildman–Crippen LogP) is 0.490. The Bertz CT molecular complexity index is 684. The van der Waals surface area contributed by atoms with Gasteiger partial charge in [-0.2, -0.15) is 0 Å². The average Bonchev–Trinajstić information content (AvgIpc) is 2.49. The molecule has 0 amide bonds. The summed E-state index contributed by atoms with van der Waals surface area (Å²) in [6.07, 6.45) is 4.54. The van der Waals surface area contributed by atoms with E-state index in [2.05, 4.69) is 26.8 Å². The first kappa shape index (κ1) is 16.6. The van der Waals surface area contributed by atoms with Crippen molar-refractivity contribution in [1.82, 2.24) is 14.9 Å². The topological polar surface area (TPSA) is 75.6 Å². The monoisotopic (exact) mass is 340 g/mol. The smallest absolute Gasteiger partial charge is 0.180 e. The van der Waals surface area contributed by atoms with Crippen molar-refractivity contribution in [2.45, 2.75) is 30.3 Å². The number of sulfone groups is 1. The summed E-state index contributed by atoms with van der Waals surface area (Å²) in [5, 5.41) is 0. The normalized spacial score (nSPS) is 22.5. The Hall–Kier alpha value is -1.25. The quantitative estimate of drug-likeness (QED) is 0.775. The van der Waals surface area contributed by atoms with E-state index in [1.165, 1.54) is 12.5 Å². The van der Waals surface area contributed by atoms with E-state index < -0.39 is 9.84 Å². The summed E-state index contributed by atoms with van der Waals surface area (Å²) in [6, 6.07) is 0. The van der Waals surface area contributed by atoms with E-state index in [4.69, 9.17) is 4.74 Å². The summed E-state index contributed by atoms with van der Waals surface area (Å²) in [7, 11) is -1.25. The first-order chi connectivity index (χ1) is 10.8. The zero-order valence-corrected chi connectivity index (χ0v) is 14.8. The molecule has 0 atom stereocenters. The van der Waals surface area contributed by atoms with Crippen molar-refractivity contribution in [3.05, 3.63) is 12.0 Å². The number of hydrogen-bond donors (Lipinski definition) is 0. The Kier molecular flexibility index (Phi) is 4.33. The third kappa shape index (κ3) is 3.49. The number of likely N-dealkylation sites (tertiary alicyclic amines) is 1. The van der Waals surface area contributed by atoms with E-state index in [1.807, 2.05) is 0 Å². The molecular weight excluding hydrogens is 316 g/mol. The summed E-state index contributed by atoms with van der Waals surface area (Å²) in [6.45, 7) is 5.69. The van der Waals surface area contributed by atoms with Gasteiger partial charge in [0.25, 0.3) is 0 Å². The standard InChI is InChI=1S/C15H24N4O3S/c1-12-16-10-13(23(3,20)21)14(17-12)19-8-9-22-15(11-19)4-6-18(2)7-5-15/h10H,4-9,11H2,1-3H3. The molecule has 8 heteroatoms. The van der Waals surface area contributed by atoms with E-state index in [1.54, 1.807) is 6.92 Å². The van der Waals surface area contributed by atoms with Crippen LogP contribution >= 0.6 is 0 Å². The van der Waals surface area contributed by atoms with Crippen molar-refractivity contribution >= 4 is 15.7 Å². The maximum absolute atomic E-state index is 12.1. The molecule has 2 fully saturated rings. The predicted molar refractivity (Wildman–Crippen MR) is 87.5 cm³/mol. The number of nitrogens with zero attached hydrogens (tertiary/aromatic N) is 4. The molecule has 0 saturated carbocycles. The lowest BCUT2D eigenvalue weighted by molar-refractivity contribution is -0.0886. The zero-order valence-electron chi connectivity index (χ0n) is 13.9. The van der Waals surface area contributed by atoms with Crippen LogP contribution in [0.3, 0.4) is 0 Å². The highest BCUT2D eigenvalue weighted by Gasteiger charge is 2.40. The second kappa shape index (κ2) is 5.99. The van der Waals surface area contributed by atoms with Gasteiger partial charge < -0.3 is 14.5 Å². The molecule has 7 nitrogen and oxygen atoms in total. The fourth-order valence-electron chi connectivity index (χ4n) is 3.29. The maximum Gasteiger partial charge on any atom is 0.180 e. The molecule has 23 heavy (non-hydrogen) atoms. The summed E-state index contributed by atoms with van der Waals surface area (Å²) in [4.78, 5) is 13.0. The Morgan fingerprint density at radius 1 is 1.26 bits per heavy atom. The Balaban J connectivity index is 1.91. The summed E-state index contributed by atoms with van der Waals surface area (Å²) < 4.78 is 30.2. The van der Waals surface area contributed by atoms with Crippen LogP contribution in [0.2, 0.25) is 0 Å². The zero-order chi connectivity index (χ0) is 16.7. The minimum Gasteiger partial charge on any atom is -0.371 e. The van der Waals surface area contributed by atoms with Crippen LogP contribution in [0.4, 0.5) is 5.82 Å². The number of aryl methyl sites for hydroxylation is 1. The van der Waals surface area contributed by atoms with Gasteiger partial charge in [-0.15, -0.1) is 0 Å². The molecule has 0 unspecified atom stereocenters. The highest BCUT2D eigenvalue weighted by atomic mass is 32.2. The van der Waals surface area contributed by atoms with E-state index in [0.29, 0.717) is 31.3 Å². The number of ether oxygens (including phenoxy) is 1. The first-order valence-corrected chi connectivity index (χ1v) is 9.79. The molecule has 2 saturated heterocycles. The lowest BCUT2D eigenvalue weighted by atomic mass is 9.89. The van der Waals surface area contributed by atoms with Crippen molar-refractivity contribution in [3.8, 4) is 0 Å². The molecule has 1 aromatic heterocycles. The van der Waals surface area contributed by atoms with Gasteiger partial charge in [0.2, 0.25) is 0 Å². The van der Waals surface area contributed by atoms with Gasteiger partial charge in [-0.3, -0.25) is 0 Å². The highest BCUT2D eigenvalue weighted by molar-refractivity contribution is 7.90. The van der Waals surface area contributed by atoms with Gasteiger partial charge in [-0.05, 0) is 26.8 Å². The number of aromatic nitrogens is 2. The molecule has 0 aromatic carbocycles.